The van der Waals surface area contributed by atoms with Gasteiger partial charge in [-0.3, -0.25) is 10.1 Å². The summed E-state index contributed by atoms with van der Waals surface area (Å²) in [5.41, 5.74) is 0.872. The summed E-state index contributed by atoms with van der Waals surface area (Å²) < 4.78 is 0. The van der Waals surface area contributed by atoms with Crippen LogP contribution in [-0.2, 0) is 4.79 Å². The van der Waals surface area contributed by atoms with Crippen molar-refractivity contribution in [3.63, 3.8) is 0 Å². The molecule has 1 saturated heterocycles. The molecule has 1 aromatic carbocycles. The van der Waals surface area contributed by atoms with E-state index >= 15 is 0 Å². The lowest BCUT2D eigenvalue weighted by Gasteiger charge is -2.11. The van der Waals surface area contributed by atoms with Gasteiger partial charge in [0.25, 0.3) is 0 Å². The molecule has 1 heterocycles. The van der Waals surface area contributed by atoms with Crippen LogP contribution in [0, 0.1) is 11.3 Å². The van der Waals surface area contributed by atoms with Crippen molar-refractivity contribution < 1.29 is 4.79 Å². The van der Waals surface area contributed by atoms with Crippen LogP contribution in [0.15, 0.2) is 18.2 Å². The molecular weight excluding hydrogens is 258 g/mol. The highest BCUT2D eigenvalue weighted by atomic mass is 35.5. The van der Waals surface area contributed by atoms with E-state index in [1.807, 2.05) is 6.07 Å². The molecule has 0 spiro atoms. The van der Waals surface area contributed by atoms with Gasteiger partial charge in [-0.25, -0.2) is 0 Å². The van der Waals surface area contributed by atoms with Gasteiger partial charge in [-0.2, -0.15) is 5.26 Å². The molecule has 4 nitrogen and oxygen atoms in total. The van der Waals surface area contributed by atoms with Gasteiger partial charge in [-0.15, -0.1) is 11.8 Å². The lowest BCUT2D eigenvalue weighted by atomic mass is 10.2. The van der Waals surface area contributed by atoms with E-state index in [1.54, 1.807) is 30.0 Å². The van der Waals surface area contributed by atoms with Crippen molar-refractivity contribution in [1.29, 1.82) is 5.26 Å². The maximum atomic E-state index is 11.9. The van der Waals surface area contributed by atoms with Crippen LogP contribution in [0.25, 0.3) is 0 Å². The SMILES string of the molecule is N#Cc1ccc(Cl)cc1NC(=O)C1CSCN1. The second-order valence-electron chi connectivity index (χ2n) is 3.56. The van der Waals surface area contributed by atoms with Crippen LogP contribution >= 0.6 is 23.4 Å². The zero-order valence-electron chi connectivity index (χ0n) is 8.87. The van der Waals surface area contributed by atoms with Gasteiger partial charge < -0.3 is 5.32 Å². The first-order chi connectivity index (χ1) is 8.20. The third-order valence-electron chi connectivity index (χ3n) is 2.39. The summed E-state index contributed by atoms with van der Waals surface area (Å²) in [5.74, 6) is 1.39. The van der Waals surface area contributed by atoms with Crippen molar-refractivity contribution in [2.75, 3.05) is 16.9 Å². The molecule has 1 amide bonds. The van der Waals surface area contributed by atoms with E-state index in [0.717, 1.165) is 11.6 Å². The molecule has 2 rings (SSSR count). The number of benzene rings is 1. The first kappa shape index (κ1) is 12.2. The van der Waals surface area contributed by atoms with Gasteiger partial charge in [0.2, 0.25) is 5.91 Å². The van der Waals surface area contributed by atoms with Crippen LogP contribution in [0.4, 0.5) is 5.69 Å². The number of hydrogen-bond acceptors (Lipinski definition) is 4. The monoisotopic (exact) mass is 267 g/mol. The normalized spacial score (nSPS) is 18.7. The second-order valence-corrected chi connectivity index (χ2v) is 5.03. The number of rotatable bonds is 2. The van der Waals surface area contributed by atoms with Gasteiger partial charge in [-0.05, 0) is 18.2 Å². The molecule has 6 heteroatoms. The number of nitriles is 1. The number of carbonyl (C=O) groups is 1. The molecule has 0 radical (unpaired) electrons. The van der Waals surface area contributed by atoms with E-state index in [9.17, 15) is 4.79 Å². The summed E-state index contributed by atoms with van der Waals surface area (Å²) in [6.07, 6.45) is 0. The number of thioether (sulfide) groups is 1. The van der Waals surface area contributed by atoms with E-state index in [-0.39, 0.29) is 11.9 Å². The van der Waals surface area contributed by atoms with Crippen molar-refractivity contribution in [3.8, 4) is 6.07 Å². The number of carbonyl (C=O) groups excluding carboxylic acids is 1. The van der Waals surface area contributed by atoms with Crippen molar-refractivity contribution in [3.05, 3.63) is 28.8 Å². The molecular formula is C11H10ClN3OS. The van der Waals surface area contributed by atoms with Crippen molar-refractivity contribution in [2.24, 2.45) is 0 Å². The molecule has 88 valence electrons. The highest BCUT2D eigenvalue weighted by Gasteiger charge is 2.23. The minimum Gasteiger partial charge on any atom is -0.323 e. The Kier molecular flexibility index (Phi) is 3.89. The molecule has 1 unspecified atom stereocenters. The predicted octanol–water partition coefficient (Wildman–Crippen LogP) is 1.81. The molecule has 1 atom stereocenters. The van der Waals surface area contributed by atoms with Gasteiger partial charge in [0.15, 0.2) is 0 Å². The van der Waals surface area contributed by atoms with Gasteiger partial charge in [0, 0.05) is 16.7 Å². The summed E-state index contributed by atoms with van der Waals surface area (Å²) in [7, 11) is 0. The molecule has 1 aliphatic heterocycles. The zero-order valence-corrected chi connectivity index (χ0v) is 10.4. The standard InChI is InChI=1S/C11H10ClN3OS/c12-8-2-1-7(4-13)9(3-8)15-11(16)10-5-17-6-14-10/h1-3,10,14H,5-6H2,(H,15,16). The van der Waals surface area contributed by atoms with Crippen LogP contribution in [0.2, 0.25) is 5.02 Å². The Bertz CT molecular complexity index is 480. The van der Waals surface area contributed by atoms with E-state index in [2.05, 4.69) is 10.6 Å². The summed E-state index contributed by atoms with van der Waals surface area (Å²) >= 11 is 7.51. The molecule has 0 aliphatic carbocycles. The first-order valence-electron chi connectivity index (χ1n) is 5.02. The Balaban J connectivity index is 2.15. The molecule has 0 aromatic heterocycles. The van der Waals surface area contributed by atoms with Crippen molar-refractivity contribution >= 4 is 35.0 Å². The lowest BCUT2D eigenvalue weighted by Crippen LogP contribution is -2.37. The number of amides is 1. The van der Waals surface area contributed by atoms with Crippen LogP contribution in [0.5, 0.6) is 0 Å². The maximum absolute atomic E-state index is 11.9. The molecule has 1 fully saturated rings. The minimum absolute atomic E-state index is 0.131. The first-order valence-corrected chi connectivity index (χ1v) is 6.55. The topological polar surface area (TPSA) is 64.9 Å². The molecule has 1 aromatic rings. The molecule has 1 aliphatic rings. The van der Waals surface area contributed by atoms with Crippen LogP contribution in [-0.4, -0.2) is 23.6 Å². The summed E-state index contributed by atoms with van der Waals surface area (Å²) in [6.45, 7) is 0. The fraction of sp³-hybridized carbons (Fsp3) is 0.273. The second kappa shape index (κ2) is 5.41. The highest BCUT2D eigenvalue weighted by Crippen LogP contribution is 2.21. The number of halogens is 1. The summed E-state index contributed by atoms with van der Waals surface area (Å²) in [5, 5.41) is 15.2. The Morgan fingerprint density at radius 3 is 3.12 bits per heavy atom. The Morgan fingerprint density at radius 1 is 1.65 bits per heavy atom. The fourth-order valence-corrected chi connectivity index (χ4v) is 2.61. The van der Waals surface area contributed by atoms with Crippen molar-refractivity contribution in [1.82, 2.24) is 5.32 Å². The molecule has 0 saturated carbocycles. The quantitative estimate of drug-likeness (QED) is 0.858. The Labute approximate surface area is 108 Å². The van der Waals surface area contributed by atoms with Gasteiger partial charge in [0.05, 0.1) is 17.3 Å². The van der Waals surface area contributed by atoms with Gasteiger partial charge >= 0.3 is 0 Å². The zero-order chi connectivity index (χ0) is 12.3. The highest BCUT2D eigenvalue weighted by molar-refractivity contribution is 7.99. The Morgan fingerprint density at radius 2 is 2.47 bits per heavy atom. The van der Waals surface area contributed by atoms with Crippen LogP contribution < -0.4 is 10.6 Å². The molecule has 0 bridgehead atoms. The van der Waals surface area contributed by atoms with Gasteiger partial charge in [-0.1, -0.05) is 11.6 Å². The van der Waals surface area contributed by atoms with Crippen molar-refractivity contribution in [2.45, 2.75) is 6.04 Å². The summed E-state index contributed by atoms with van der Waals surface area (Å²) in [4.78, 5) is 11.9. The van der Waals surface area contributed by atoms with Gasteiger partial charge in [0.1, 0.15) is 6.07 Å². The minimum atomic E-state index is -0.203. The third kappa shape index (κ3) is 2.91. The third-order valence-corrected chi connectivity index (χ3v) is 3.57. The smallest absolute Gasteiger partial charge is 0.242 e. The van der Waals surface area contributed by atoms with E-state index in [0.29, 0.717) is 16.3 Å². The van der Waals surface area contributed by atoms with E-state index in [1.165, 1.54) is 0 Å². The fourth-order valence-electron chi connectivity index (χ4n) is 1.50. The molecule has 17 heavy (non-hydrogen) atoms. The van der Waals surface area contributed by atoms with Crippen LogP contribution in [0.1, 0.15) is 5.56 Å². The summed E-state index contributed by atoms with van der Waals surface area (Å²) in [6, 6.07) is 6.62. The van der Waals surface area contributed by atoms with E-state index in [4.69, 9.17) is 16.9 Å². The number of anilines is 1. The number of hydrogen-bond donors (Lipinski definition) is 2. The maximum Gasteiger partial charge on any atom is 0.242 e. The van der Waals surface area contributed by atoms with Crippen LogP contribution in [0.3, 0.4) is 0 Å². The average Bonchev–Trinajstić information content (AvgIpc) is 2.83. The number of nitrogens with one attached hydrogen (secondary N) is 2. The molecule has 2 N–H and O–H groups in total. The predicted molar refractivity (Wildman–Crippen MR) is 69.0 cm³/mol. The Hall–Kier alpha value is -1.22. The van der Waals surface area contributed by atoms with E-state index < -0.39 is 0 Å². The lowest BCUT2D eigenvalue weighted by molar-refractivity contribution is -0.117. The largest absolute Gasteiger partial charge is 0.323 e. The average molecular weight is 268 g/mol. The number of nitrogens with zero attached hydrogens (tertiary/aromatic N) is 1.